The Morgan fingerprint density at radius 3 is 2.58 bits per heavy atom. The van der Waals surface area contributed by atoms with Gasteiger partial charge < -0.3 is 14.6 Å². The van der Waals surface area contributed by atoms with E-state index in [-0.39, 0.29) is 17.4 Å². The number of carbonyl (C=O) groups excluding carboxylic acids is 3. The largest absolute Gasteiger partial charge is 0.452 e. The van der Waals surface area contributed by atoms with E-state index in [1.54, 1.807) is 31.2 Å². The maximum absolute atomic E-state index is 12.3. The van der Waals surface area contributed by atoms with Gasteiger partial charge in [0.05, 0.1) is 0 Å². The minimum absolute atomic E-state index is 0.0709. The lowest BCUT2D eigenvalue weighted by Gasteiger charge is -2.11. The van der Waals surface area contributed by atoms with Gasteiger partial charge in [-0.2, -0.15) is 0 Å². The molecule has 2 N–H and O–H groups in total. The van der Waals surface area contributed by atoms with Crippen LogP contribution in [0.25, 0.3) is 11.3 Å². The van der Waals surface area contributed by atoms with E-state index >= 15 is 0 Å². The Bertz CT molecular complexity index is 785. The molecule has 2 aromatic rings. The van der Waals surface area contributed by atoms with Crippen LogP contribution in [0.4, 0.5) is 4.79 Å². The summed E-state index contributed by atoms with van der Waals surface area (Å²) in [5.41, 5.74) is 1.17. The standard InChI is InChI=1S/C18H21N3O5/c1-4-11(2)19-18(24)20-14(22)10-25-17(23)15-12(3)26-21-16(15)13-8-6-5-7-9-13/h5-9,11H,4,10H2,1-3H3,(H2,19,20,22,24)/t11-/m1/s1. The molecule has 0 spiro atoms. The van der Waals surface area contributed by atoms with E-state index in [9.17, 15) is 14.4 Å². The molecule has 0 saturated heterocycles. The molecule has 1 aromatic heterocycles. The van der Waals surface area contributed by atoms with E-state index in [4.69, 9.17) is 9.26 Å². The van der Waals surface area contributed by atoms with E-state index in [2.05, 4.69) is 15.8 Å². The molecule has 8 heteroatoms. The van der Waals surface area contributed by atoms with Crippen molar-refractivity contribution in [3.05, 3.63) is 41.7 Å². The predicted molar refractivity (Wildman–Crippen MR) is 93.4 cm³/mol. The van der Waals surface area contributed by atoms with Crippen LogP contribution >= 0.6 is 0 Å². The van der Waals surface area contributed by atoms with Crippen molar-refractivity contribution in [2.75, 3.05) is 6.61 Å². The zero-order valence-electron chi connectivity index (χ0n) is 14.9. The topological polar surface area (TPSA) is 111 Å². The minimum atomic E-state index is -0.750. The summed E-state index contributed by atoms with van der Waals surface area (Å²) in [6, 6.07) is 8.30. The van der Waals surface area contributed by atoms with Gasteiger partial charge in [-0.15, -0.1) is 0 Å². The maximum Gasteiger partial charge on any atom is 0.344 e. The Morgan fingerprint density at radius 1 is 1.23 bits per heavy atom. The Labute approximate surface area is 150 Å². The van der Waals surface area contributed by atoms with E-state index in [0.717, 1.165) is 6.42 Å². The fraction of sp³-hybridized carbons (Fsp3) is 0.333. The number of amides is 3. The number of nitrogens with zero attached hydrogens (tertiary/aromatic N) is 1. The van der Waals surface area contributed by atoms with Crippen LogP contribution in [0.5, 0.6) is 0 Å². The van der Waals surface area contributed by atoms with E-state index in [1.807, 2.05) is 19.9 Å². The van der Waals surface area contributed by atoms with Crippen LogP contribution in [-0.4, -0.2) is 35.7 Å². The van der Waals surface area contributed by atoms with Gasteiger partial charge in [-0.1, -0.05) is 42.4 Å². The van der Waals surface area contributed by atoms with E-state index in [0.29, 0.717) is 11.3 Å². The number of aromatic nitrogens is 1. The van der Waals surface area contributed by atoms with Crippen LogP contribution in [0, 0.1) is 6.92 Å². The number of hydrogen-bond acceptors (Lipinski definition) is 6. The summed E-state index contributed by atoms with van der Waals surface area (Å²) in [5.74, 6) is -1.20. The Hall–Kier alpha value is -3.16. The Balaban J connectivity index is 1.98. The van der Waals surface area contributed by atoms with Crippen molar-refractivity contribution in [1.29, 1.82) is 0 Å². The van der Waals surface area contributed by atoms with Crippen LogP contribution < -0.4 is 10.6 Å². The molecular formula is C18H21N3O5. The molecule has 0 radical (unpaired) electrons. The minimum Gasteiger partial charge on any atom is -0.452 e. The number of imide groups is 1. The van der Waals surface area contributed by atoms with Gasteiger partial charge in [0.2, 0.25) is 0 Å². The first-order valence-corrected chi connectivity index (χ1v) is 8.21. The van der Waals surface area contributed by atoms with Gasteiger partial charge in [0.1, 0.15) is 17.0 Å². The molecule has 138 valence electrons. The molecule has 8 nitrogen and oxygen atoms in total. The summed E-state index contributed by atoms with van der Waals surface area (Å²) in [4.78, 5) is 35.7. The second-order valence-corrected chi connectivity index (χ2v) is 5.74. The van der Waals surface area contributed by atoms with Crippen LogP contribution in [0.1, 0.15) is 36.4 Å². The summed E-state index contributed by atoms with van der Waals surface area (Å²) >= 11 is 0. The van der Waals surface area contributed by atoms with Crippen LogP contribution in [0.3, 0.4) is 0 Å². The molecule has 0 saturated carbocycles. The highest BCUT2D eigenvalue weighted by atomic mass is 16.5. The van der Waals surface area contributed by atoms with Crippen molar-refractivity contribution in [2.24, 2.45) is 0 Å². The van der Waals surface area contributed by atoms with Crippen molar-refractivity contribution in [2.45, 2.75) is 33.2 Å². The summed E-state index contributed by atoms with van der Waals surface area (Å²) < 4.78 is 10.1. The number of carbonyl (C=O) groups is 3. The fourth-order valence-corrected chi connectivity index (χ4v) is 2.13. The Morgan fingerprint density at radius 2 is 1.92 bits per heavy atom. The highest BCUT2D eigenvalue weighted by Crippen LogP contribution is 2.25. The van der Waals surface area contributed by atoms with Gasteiger partial charge in [-0.05, 0) is 20.3 Å². The lowest BCUT2D eigenvalue weighted by atomic mass is 10.1. The first-order valence-electron chi connectivity index (χ1n) is 8.21. The molecule has 3 amide bonds. The molecule has 0 bridgehead atoms. The van der Waals surface area contributed by atoms with Crippen molar-refractivity contribution in [3.63, 3.8) is 0 Å². The highest BCUT2D eigenvalue weighted by molar-refractivity contribution is 5.99. The van der Waals surface area contributed by atoms with Crippen molar-refractivity contribution in [1.82, 2.24) is 15.8 Å². The van der Waals surface area contributed by atoms with Crippen molar-refractivity contribution >= 4 is 17.9 Å². The van der Waals surface area contributed by atoms with Gasteiger partial charge >= 0.3 is 12.0 Å². The summed E-state index contributed by atoms with van der Waals surface area (Å²) in [7, 11) is 0. The molecule has 1 atom stereocenters. The van der Waals surface area contributed by atoms with Gasteiger partial charge in [0, 0.05) is 11.6 Å². The maximum atomic E-state index is 12.3. The molecule has 0 aliphatic heterocycles. The van der Waals surface area contributed by atoms with E-state index in [1.165, 1.54) is 0 Å². The smallest absolute Gasteiger partial charge is 0.344 e. The number of hydrogen-bond donors (Lipinski definition) is 2. The van der Waals surface area contributed by atoms with Gasteiger partial charge in [0.15, 0.2) is 6.61 Å². The number of urea groups is 1. The van der Waals surface area contributed by atoms with Crippen LogP contribution in [-0.2, 0) is 9.53 Å². The summed E-state index contributed by atoms with van der Waals surface area (Å²) in [6.45, 7) is 4.70. The van der Waals surface area contributed by atoms with Gasteiger partial charge in [-0.3, -0.25) is 10.1 Å². The summed E-state index contributed by atoms with van der Waals surface area (Å²) in [5, 5.41) is 8.56. The SMILES string of the molecule is CC[C@@H](C)NC(=O)NC(=O)COC(=O)c1c(-c2ccccc2)noc1C. The van der Waals surface area contributed by atoms with Crippen molar-refractivity contribution in [3.8, 4) is 11.3 Å². The second kappa shape index (κ2) is 8.80. The second-order valence-electron chi connectivity index (χ2n) is 5.74. The summed E-state index contributed by atoms with van der Waals surface area (Å²) in [6.07, 6.45) is 0.728. The molecule has 0 fully saturated rings. The number of esters is 1. The normalized spacial score (nSPS) is 11.5. The fourth-order valence-electron chi connectivity index (χ4n) is 2.13. The molecule has 1 heterocycles. The number of aryl methyl sites for hydroxylation is 1. The lowest BCUT2D eigenvalue weighted by Crippen LogP contribution is -2.44. The molecule has 26 heavy (non-hydrogen) atoms. The number of nitrogens with one attached hydrogen (secondary N) is 2. The van der Waals surface area contributed by atoms with Crippen molar-refractivity contribution < 1.29 is 23.6 Å². The molecule has 2 rings (SSSR count). The molecule has 0 aliphatic carbocycles. The zero-order valence-corrected chi connectivity index (χ0v) is 14.9. The third-order valence-electron chi connectivity index (χ3n) is 3.69. The Kier molecular flexibility index (Phi) is 6.48. The van der Waals surface area contributed by atoms with Gasteiger partial charge in [-0.25, -0.2) is 9.59 Å². The van der Waals surface area contributed by atoms with E-state index < -0.39 is 24.5 Å². The number of rotatable bonds is 6. The molecular weight excluding hydrogens is 338 g/mol. The molecule has 0 unspecified atom stereocenters. The lowest BCUT2D eigenvalue weighted by molar-refractivity contribution is -0.123. The van der Waals surface area contributed by atoms with Gasteiger partial charge in [0.25, 0.3) is 5.91 Å². The monoisotopic (exact) mass is 359 g/mol. The average Bonchev–Trinajstić information content (AvgIpc) is 3.01. The predicted octanol–water partition coefficient (Wildman–Crippen LogP) is 2.43. The third-order valence-corrected chi connectivity index (χ3v) is 3.69. The highest BCUT2D eigenvalue weighted by Gasteiger charge is 2.23. The zero-order chi connectivity index (χ0) is 19.1. The molecule has 0 aliphatic rings. The van der Waals surface area contributed by atoms with Crippen LogP contribution in [0.15, 0.2) is 34.9 Å². The third kappa shape index (κ3) is 4.92. The first-order chi connectivity index (χ1) is 12.4. The molecule has 1 aromatic carbocycles. The average molecular weight is 359 g/mol. The van der Waals surface area contributed by atoms with Crippen LogP contribution in [0.2, 0.25) is 0 Å². The number of ether oxygens (including phenoxy) is 1. The first kappa shape index (κ1) is 19.2. The quantitative estimate of drug-likeness (QED) is 0.767. The number of benzene rings is 1.